The molecule has 1 aromatic carbocycles. The highest BCUT2D eigenvalue weighted by Crippen LogP contribution is 2.15. The van der Waals surface area contributed by atoms with E-state index in [-0.39, 0.29) is 6.42 Å². The summed E-state index contributed by atoms with van der Waals surface area (Å²) in [4.78, 5) is 10.6. The van der Waals surface area contributed by atoms with Gasteiger partial charge in [0.1, 0.15) is 6.04 Å². The van der Waals surface area contributed by atoms with Crippen LogP contribution in [0.2, 0.25) is 0 Å². The summed E-state index contributed by atoms with van der Waals surface area (Å²) in [6, 6.07) is 4.71. The molecule has 0 saturated carbocycles. The zero-order valence-electron chi connectivity index (χ0n) is 8.62. The van der Waals surface area contributed by atoms with E-state index in [1.165, 1.54) is 0 Å². The number of benzene rings is 1. The van der Waals surface area contributed by atoms with Gasteiger partial charge in [-0.3, -0.25) is 4.79 Å². The molecule has 16 heavy (non-hydrogen) atoms. The first kappa shape index (κ1) is 13.3. The van der Waals surface area contributed by atoms with Gasteiger partial charge < -0.3 is 10.8 Å². The van der Waals surface area contributed by atoms with E-state index in [0.29, 0.717) is 11.8 Å². The molecule has 0 radical (unpaired) electrons. The molecule has 3 nitrogen and oxygen atoms in total. The van der Waals surface area contributed by atoms with Gasteiger partial charge in [0, 0.05) is 11.8 Å². The minimum atomic E-state index is -1.01. The van der Waals surface area contributed by atoms with Crippen LogP contribution in [0.4, 0.5) is 0 Å². The molecule has 0 aliphatic rings. The fourth-order valence-electron chi connectivity index (χ4n) is 1.45. The maximum absolute atomic E-state index is 10.6. The van der Waals surface area contributed by atoms with Crippen molar-refractivity contribution in [1.29, 1.82) is 0 Å². The van der Waals surface area contributed by atoms with Crippen molar-refractivity contribution in [2.75, 3.05) is 0 Å². The van der Waals surface area contributed by atoms with E-state index < -0.39 is 12.0 Å². The molecule has 88 valence electrons. The molecular formula is C11H13Cl2NO2. The molecule has 0 aliphatic carbocycles. The third-order valence-corrected chi connectivity index (χ3v) is 2.81. The summed E-state index contributed by atoms with van der Waals surface area (Å²) < 4.78 is 0. The topological polar surface area (TPSA) is 63.3 Å². The average molecular weight is 262 g/mol. The summed E-state index contributed by atoms with van der Waals surface area (Å²) in [6.45, 7) is 0. The first-order chi connectivity index (χ1) is 7.56. The van der Waals surface area contributed by atoms with E-state index in [9.17, 15) is 4.79 Å². The second-order valence-corrected chi connectivity index (χ2v) is 4.11. The lowest BCUT2D eigenvalue weighted by Gasteiger charge is -2.09. The number of hydrogen-bond donors (Lipinski definition) is 2. The first-order valence-corrected chi connectivity index (χ1v) is 5.85. The molecule has 0 heterocycles. The quantitative estimate of drug-likeness (QED) is 0.799. The molecule has 5 heteroatoms. The van der Waals surface area contributed by atoms with E-state index in [2.05, 4.69) is 0 Å². The van der Waals surface area contributed by atoms with Crippen molar-refractivity contribution in [1.82, 2.24) is 0 Å². The Morgan fingerprint density at radius 1 is 1.19 bits per heavy atom. The van der Waals surface area contributed by atoms with E-state index in [0.717, 1.165) is 16.7 Å². The Labute approximate surface area is 104 Å². The molecule has 0 aromatic heterocycles. The van der Waals surface area contributed by atoms with Gasteiger partial charge >= 0.3 is 5.97 Å². The lowest BCUT2D eigenvalue weighted by atomic mass is 10.0. The number of hydrogen-bond acceptors (Lipinski definition) is 2. The molecule has 0 aliphatic heterocycles. The van der Waals surface area contributed by atoms with Gasteiger partial charge in [-0.25, -0.2) is 0 Å². The standard InChI is InChI=1S/C11H13Cl2NO2/c12-5-8-1-7(2-9(3-8)6-13)4-10(14)11(15)16/h1-3,10H,4-6,14H2,(H,15,16)/t10-/m0/s1. The van der Waals surface area contributed by atoms with Gasteiger partial charge in [-0.1, -0.05) is 18.2 Å². The molecule has 1 atom stereocenters. The lowest BCUT2D eigenvalue weighted by molar-refractivity contribution is -0.138. The number of alkyl halides is 2. The molecule has 1 rings (SSSR count). The number of rotatable bonds is 5. The third kappa shape index (κ3) is 3.67. The fraction of sp³-hybridized carbons (Fsp3) is 0.364. The van der Waals surface area contributed by atoms with Gasteiger partial charge in [0.2, 0.25) is 0 Å². The van der Waals surface area contributed by atoms with Crippen molar-refractivity contribution in [3.05, 3.63) is 34.9 Å². The van der Waals surface area contributed by atoms with Gasteiger partial charge in [-0.2, -0.15) is 0 Å². The zero-order valence-corrected chi connectivity index (χ0v) is 10.1. The molecular weight excluding hydrogens is 249 g/mol. The van der Waals surface area contributed by atoms with Crippen LogP contribution in [0.3, 0.4) is 0 Å². The average Bonchev–Trinajstić information content (AvgIpc) is 2.28. The summed E-state index contributed by atoms with van der Waals surface area (Å²) in [5, 5.41) is 8.72. The number of nitrogens with two attached hydrogens (primary N) is 1. The molecule has 0 bridgehead atoms. The Morgan fingerprint density at radius 3 is 2.00 bits per heavy atom. The van der Waals surface area contributed by atoms with E-state index in [1.807, 2.05) is 18.2 Å². The normalized spacial score (nSPS) is 12.4. The van der Waals surface area contributed by atoms with Crippen molar-refractivity contribution < 1.29 is 9.90 Å². The second-order valence-electron chi connectivity index (χ2n) is 3.57. The summed E-state index contributed by atoms with van der Waals surface area (Å²) in [5.74, 6) is -0.260. The zero-order chi connectivity index (χ0) is 12.1. The fourth-order valence-corrected chi connectivity index (χ4v) is 1.76. The highest BCUT2D eigenvalue weighted by Gasteiger charge is 2.12. The summed E-state index contributed by atoms with van der Waals surface area (Å²) in [5.41, 5.74) is 8.16. The smallest absolute Gasteiger partial charge is 0.320 e. The Kier molecular flexibility index (Phi) is 5.06. The first-order valence-electron chi connectivity index (χ1n) is 4.79. The van der Waals surface area contributed by atoms with Crippen LogP contribution >= 0.6 is 23.2 Å². The van der Waals surface area contributed by atoms with Crippen LogP contribution in [0.25, 0.3) is 0 Å². The van der Waals surface area contributed by atoms with Crippen molar-refractivity contribution in [3.8, 4) is 0 Å². The molecule has 1 aromatic rings. The van der Waals surface area contributed by atoms with Crippen molar-refractivity contribution in [3.63, 3.8) is 0 Å². The molecule has 0 fully saturated rings. The SMILES string of the molecule is N[C@@H](Cc1cc(CCl)cc(CCl)c1)C(=O)O. The molecule has 0 saturated heterocycles. The Bertz CT molecular complexity index is 360. The Morgan fingerprint density at radius 2 is 1.62 bits per heavy atom. The largest absolute Gasteiger partial charge is 0.480 e. The highest BCUT2D eigenvalue weighted by atomic mass is 35.5. The minimum absolute atomic E-state index is 0.282. The molecule has 0 unspecified atom stereocenters. The lowest BCUT2D eigenvalue weighted by Crippen LogP contribution is -2.32. The van der Waals surface area contributed by atoms with Crippen LogP contribution in [-0.4, -0.2) is 17.1 Å². The van der Waals surface area contributed by atoms with Gasteiger partial charge in [-0.05, 0) is 23.1 Å². The third-order valence-electron chi connectivity index (χ3n) is 2.19. The van der Waals surface area contributed by atoms with Gasteiger partial charge in [-0.15, -0.1) is 23.2 Å². The van der Waals surface area contributed by atoms with E-state index >= 15 is 0 Å². The predicted molar refractivity (Wildman–Crippen MR) is 64.9 cm³/mol. The summed E-state index contributed by atoms with van der Waals surface area (Å²) in [7, 11) is 0. The van der Waals surface area contributed by atoms with Crippen molar-refractivity contribution in [2.45, 2.75) is 24.2 Å². The van der Waals surface area contributed by atoms with Crippen LogP contribution in [-0.2, 0) is 23.0 Å². The predicted octanol–water partition coefficient (Wildman–Crippen LogP) is 2.12. The summed E-state index contributed by atoms with van der Waals surface area (Å²) >= 11 is 11.5. The Hall–Kier alpha value is -0.770. The van der Waals surface area contributed by atoms with Crippen molar-refractivity contribution in [2.24, 2.45) is 5.73 Å². The number of aliphatic carboxylic acids is 1. The van der Waals surface area contributed by atoms with Crippen LogP contribution < -0.4 is 5.73 Å². The van der Waals surface area contributed by atoms with E-state index in [1.54, 1.807) is 0 Å². The molecule has 0 spiro atoms. The maximum atomic E-state index is 10.6. The Balaban J connectivity index is 2.90. The number of carboxylic acid groups (broad SMARTS) is 1. The monoisotopic (exact) mass is 261 g/mol. The van der Waals surface area contributed by atoms with Crippen LogP contribution in [0.15, 0.2) is 18.2 Å². The van der Waals surface area contributed by atoms with Gasteiger partial charge in [0.05, 0.1) is 0 Å². The van der Waals surface area contributed by atoms with Gasteiger partial charge in [0.15, 0.2) is 0 Å². The molecule has 0 amide bonds. The van der Waals surface area contributed by atoms with Crippen LogP contribution in [0.1, 0.15) is 16.7 Å². The van der Waals surface area contributed by atoms with E-state index in [4.69, 9.17) is 34.0 Å². The minimum Gasteiger partial charge on any atom is -0.480 e. The maximum Gasteiger partial charge on any atom is 0.320 e. The van der Waals surface area contributed by atoms with Crippen LogP contribution in [0, 0.1) is 0 Å². The van der Waals surface area contributed by atoms with Crippen molar-refractivity contribution >= 4 is 29.2 Å². The number of halogens is 2. The number of carbonyl (C=O) groups is 1. The van der Waals surface area contributed by atoms with Crippen LogP contribution in [0.5, 0.6) is 0 Å². The molecule has 3 N–H and O–H groups in total. The highest BCUT2D eigenvalue weighted by molar-refractivity contribution is 6.17. The number of carboxylic acids is 1. The van der Waals surface area contributed by atoms with Gasteiger partial charge in [0.25, 0.3) is 0 Å². The summed E-state index contributed by atoms with van der Waals surface area (Å²) in [6.07, 6.45) is 0.282. The second kappa shape index (κ2) is 6.09.